The molecule has 0 aromatic carbocycles. The van der Waals surface area contributed by atoms with Crippen LogP contribution in [-0.2, 0) is 14.3 Å². The van der Waals surface area contributed by atoms with Crippen molar-refractivity contribution in [3.63, 3.8) is 0 Å². The second-order valence-corrected chi connectivity index (χ2v) is 24.9. The Kier molecular flexibility index (Phi) is 67.9. The van der Waals surface area contributed by atoms with E-state index in [9.17, 15) is 19.8 Å². The molecule has 3 N–H and O–H groups in total. The number of aliphatic hydroxyl groups excluding tert-OH is 2. The standard InChI is InChI=1S/C74H141NO5/c1-3-5-7-9-11-13-15-17-39-43-46-50-54-58-62-66-72(77)71(70-76)75-73(78)67-63-59-55-51-47-44-40-37-35-33-31-29-27-25-23-21-19-18-20-22-24-26-28-30-32-34-36-38-41-45-49-53-57-61-65-69-80-74(79)68-64-60-56-52-48-42-16-14-12-10-8-6-4-2/h14,16,20,22,62,66,71-72,76-77H,3-13,15,17-19,21,23-61,63-65,67-70H2,1-2H3,(H,75,78)/b16-14-,22-20-,66-62+. The van der Waals surface area contributed by atoms with Crippen molar-refractivity contribution < 1.29 is 24.5 Å². The Morgan fingerprint density at radius 3 is 0.900 bits per heavy atom. The van der Waals surface area contributed by atoms with Gasteiger partial charge in [-0.2, -0.15) is 0 Å². The number of carbonyl (C=O) groups excluding carboxylic acids is 2. The minimum Gasteiger partial charge on any atom is -0.466 e. The zero-order chi connectivity index (χ0) is 57.8. The Balaban J connectivity index is 3.35. The molecule has 0 radical (unpaired) electrons. The Labute approximate surface area is 500 Å². The summed E-state index contributed by atoms with van der Waals surface area (Å²) in [6.07, 6.45) is 89.6. The minimum atomic E-state index is -0.842. The molecule has 0 bridgehead atoms. The summed E-state index contributed by atoms with van der Waals surface area (Å²) in [5.74, 6) is -0.0511. The fourth-order valence-corrected chi connectivity index (χ4v) is 11.3. The second kappa shape index (κ2) is 69.6. The van der Waals surface area contributed by atoms with Gasteiger partial charge in [-0.15, -0.1) is 0 Å². The number of amides is 1. The van der Waals surface area contributed by atoms with Crippen molar-refractivity contribution in [2.75, 3.05) is 13.2 Å². The van der Waals surface area contributed by atoms with Gasteiger partial charge in [-0.05, 0) is 83.5 Å². The molecule has 0 aliphatic carbocycles. The predicted octanol–water partition coefficient (Wildman–Crippen LogP) is 23.5. The van der Waals surface area contributed by atoms with Gasteiger partial charge in [-0.3, -0.25) is 9.59 Å². The van der Waals surface area contributed by atoms with Crippen molar-refractivity contribution in [3.8, 4) is 0 Å². The van der Waals surface area contributed by atoms with Crippen LogP contribution in [-0.4, -0.2) is 47.4 Å². The first kappa shape index (κ1) is 78.1. The zero-order valence-electron chi connectivity index (χ0n) is 54.1. The third-order valence-corrected chi connectivity index (χ3v) is 16.9. The SMILES string of the molecule is CCCCCC/C=C\CCCCCCCC(=O)OCCCCCCCCCCCCCCCC/C=C\CCCCCCCCCCCCCCCCCCCC(=O)NC(CO)C(O)/C=C/CCCCCCCCCCCCCCC. The molecule has 0 saturated heterocycles. The van der Waals surface area contributed by atoms with E-state index in [2.05, 4.69) is 43.5 Å². The van der Waals surface area contributed by atoms with E-state index in [-0.39, 0.29) is 18.5 Å². The smallest absolute Gasteiger partial charge is 0.305 e. The summed E-state index contributed by atoms with van der Waals surface area (Å²) in [5.41, 5.74) is 0. The average molecular weight is 1120 g/mol. The molecule has 2 unspecified atom stereocenters. The molecule has 2 atom stereocenters. The maximum atomic E-state index is 12.5. The van der Waals surface area contributed by atoms with E-state index >= 15 is 0 Å². The van der Waals surface area contributed by atoms with Crippen LogP contribution in [0.1, 0.15) is 399 Å². The quantitative estimate of drug-likeness (QED) is 0.0320. The predicted molar refractivity (Wildman–Crippen MR) is 352 cm³/mol. The highest BCUT2D eigenvalue weighted by atomic mass is 16.5. The lowest BCUT2D eigenvalue weighted by Gasteiger charge is -2.20. The lowest BCUT2D eigenvalue weighted by molar-refractivity contribution is -0.143. The van der Waals surface area contributed by atoms with Crippen molar-refractivity contribution in [2.45, 2.75) is 411 Å². The summed E-state index contributed by atoms with van der Waals surface area (Å²) in [6, 6.07) is -0.625. The van der Waals surface area contributed by atoms with E-state index in [0.717, 1.165) is 44.9 Å². The van der Waals surface area contributed by atoms with E-state index in [0.29, 0.717) is 19.4 Å². The van der Waals surface area contributed by atoms with Gasteiger partial charge in [-0.25, -0.2) is 0 Å². The van der Waals surface area contributed by atoms with E-state index in [1.807, 2.05) is 6.08 Å². The highest BCUT2D eigenvalue weighted by Crippen LogP contribution is 2.18. The molecule has 80 heavy (non-hydrogen) atoms. The number of allylic oxidation sites excluding steroid dienone is 5. The van der Waals surface area contributed by atoms with Crippen molar-refractivity contribution >= 4 is 11.9 Å². The monoisotopic (exact) mass is 1120 g/mol. The normalized spacial score (nSPS) is 12.7. The summed E-state index contributed by atoms with van der Waals surface area (Å²) in [5, 5.41) is 23.2. The molecular weight excluding hydrogens is 983 g/mol. The number of nitrogens with one attached hydrogen (secondary N) is 1. The highest BCUT2D eigenvalue weighted by molar-refractivity contribution is 5.76. The molecule has 6 nitrogen and oxygen atoms in total. The van der Waals surface area contributed by atoms with Crippen LogP contribution in [0.2, 0.25) is 0 Å². The Morgan fingerprint density at radius 1 is 0.338 bits per heavy atom. The van der Waals surface area contributed by atoms with Crippen molar-refractivity contribution in [2.24, 2.45) is 0 Å². The fraction of sp³-hybridized carbons (Fsp3) is 0.892. The third-order valence-electron chi connectivity index (χ3n) is 16.9. The summed E-state index contributed by atoms with van der Waals surface area (Å²) >= 11 is 0. The molecule has 0 aromatic rings. The van der Waals surface area contributed by atoms with Gasteiger partial charge < -0.3 is 20.3 Å². The molecule has 0 heterocycles. The average Bonchev–Trinajstić information content (AvgIpc) is 3.46. The van der Waals surface area contributed by atoms with E-state index < -0.39 is 12.1 Å². The molecular formula is C74H141NO5. The Bertz CT molecular complexity index is 1300. The number of esters is 1. The zero-order valence-corrected chi connectivity index (χ0v) is 54.1. The molecule has 0 aromatic heterocycles. The molecule has 0 fully saturated rings. The van der Waals surface area contributed by atoms with Gasteiger partial charge in [0.05, 0.1) is 25.4 Å². The van der Waals surface area contributed by atoms with Gasteiger partial charge in [-0.1, -0.05) is 339 Å². The van der Waals surface area contributed by atoms with E-state index in [1.165, 1.54) is 327 Å². The van der Waals surface area contributed by atoms with Crippen LogP contribution >= 0.6 is 0 Å². The van der Waals surface area contributed by atoms with Crippen LogP contribution in [0, 0.1) is 0 Å². The number of rotatable bonds is 68. The van der Waals surface area contributed by atoms with Gasteiger partial charge >= 0.3 is 5.97 Å². The van der Waals surface area contributed by atoms with Crippen LogP contribution in [0.3, 0.4) is 0 Å². The third kappa shape index (κ3) is 65.2. The van der Waals surface area contributed by atoms with Crippen molar-refractivity contribution in [1.82, 2.24) is 5.32 Å². The maximum Gasteiger partial charge on any atom is 0.305 e. The first-order valence-electron chi connectivity index (χ1n) is 36.3. The maximum absolute atomic E-state index is 12.5. The molecule has 0 saturated carbocycles. The molecule has 472 valence electrons. The van der Waals surface area contributed by atoms with Gasteiger partial charge in [0.2, 0.25) is 5.91 Å². The number of ether oxygens (including phenoxy) is 1. The summed E-state index contributed by atoms with van der Waals surface area (Å²) in [6.45, 7) is 4.91. The molecule has 0 spiro atoms. The second-order valence-electron chi connectivity index (χ2n) is 24.9. The van der Waals surface area contributed by atoms with Crippen LogP contribution < -0.4 is 5.32 Å². The highest BCUT2D eigenvalue weighted by Gasteiger charge is 2.18. The summed E-state index contributed by atoms with van der Waals surface area (Å²) in [7, 11) is 0. The van der Waals surface area contributed by atoms with Crippen LogP contribution in [0.25, 0.3) is 0 Å². The molecule has 0 aliphatic rings. The summed E-state index contributed by atoms with van der Waals surface area (Å²) < 4.78 is 5.48. The van der Waals surface area contributed by atoms with Crippen LogP contribution in [0.4, 0.5) is 0 Å². The molecule has 1 amide bonds. The topological polar surface area (TPSA) is 95.9 Å². The van der Waals surface area contributed by atoms with Crippen molar-refractivity contribution in [1.29, 1.82) is 0 Å². The molecule has 0 rings (SSSR count). The van der Waals surface area contributed by atoms with E-state index in [1.54, 1.807) is 6.08 Å². The number of hydrogen-bond donors (Lipinski definition) is 3. The molecule has 0 aliphatic heterocycles. The minimum absolute atomic E-state index is 0.0110. The van der Waals surface area contributed by atoms with Crippen molar-refractivity contribution in [3.05, 3.63) is 36.5 Å². The number of hydrogen-bond acceptors (Lipinski definition) is 5. The largest absolute Gasteiger partial charge is 0.466 e. The van der Waals surface area contributed by atoms with Gasteiger partial charge in [0.25, 0.3) is 0 Å². The fourth-order valence-electron chi connectivity index (χ4n) is 11.3. The number of carbonyl (C=O) groups is 2. The first-order valence-corrected chi connectivity index (χ1v) is 36.3. The lowest BCUT2D eigenvalue weighted by Crippen LogP contribution is -2.45. The Morgan fingerprint density at radius 2 is 0.588 bits per heavy atom. The van der Waals surface area contributed by atoms with Gasteiger partial charge in [0.15, 0.2) is 0 Å². The molecule has 6 heteroatoms. The van der Waals surface area contributed by atoms with E-state index in [4.69, 9.17) is 4.74 Å². The lowest BCUT2D eigenvalue weighted by atomic mass is 10.0. The number of unbranched alkanes of at least 4 members (excludes halogenated alkanes) is 53. The van der Waals surface area contributed by atoms with Gasteiger partial charge in [0, 0.05) is 12.8 Å². The summed E-state index contributed by atoms with van der Waals surface area (Å²) in [4.78, 5) is 24.5. The number of aliphatic hydroxyl groups is 2. The van der Waals surface area contributed by atoms with Crippen LogP contribution in [0.5, 0.6) is 0 Å². The van der Waals surface area contributed by atoms with Gasteiger partial charge in [0.1, 0.15) is 0 Å². The Hall–Kier alpha value is -1.92. The first-order chi connectivity index (χ1) is 39.5. The van der Waals surface area contributed by atoms with Crippen LogP contribution in [0.15, 0.2) is 36.5 Å².